The van der Waals surface area contributed by atoms with Gasteiger partial charge in [0.05, 0.1) is 13.2 Å². The molecule has 15 heavy (non-hydrogen) atoms. The molecule has 1 aromatic heterocycles. The average Bonchev–Trinajstić information content (AvgIpc) is 2.73. The fraction of sp³-hybridized carbons (Fsp3) is 0.400. The molecule has 1 aliphatic heterocycles. The molecule has 1 aliphatic rings. The minimum absolute atomic E-state index is 0.0896. The van der Waals surface area contributed by atoms with Crippen LogP contribution in [0.25, 0.3) is 0 Å². The maximum absolute atomic E-state index is 10.8. The predicted octanol–water partition coefficient (Wildman–Crippen LogP) is -0.196. The lowest BCUT2D eigenvalue weighted by Gasteiger charge is -2.18. The Bertz CT molecular complexity index is 331. The number of aliphatic hydroxyl groups is 1. The maximum Gasteiger partial charge on any atom is 0.188 e. The highest BCUT2D eigenvalue weighted by Gasteiger charge is 2.32. The zero-order chi connectivity index (χ0) is 10.7. The van der Waals surface area contributed by atoms with Gasteiger partial charge in [-0.3, -0.25) is 4.79 Å². The molecule has 0 aliphatic carbocycles. The largest absolute Gasteiger partial charge is 0.394 e. The number of aldehydes is 1. The van der Waals surface area contributed by atoms with Gasteiger partial charge in [0.2, 0.25) is 0 Å². The summed E-state index contributed by atoms with van der Waals surface area (Å²) in [5, 5.41) is 8.96. The Morgan fingerprint density at radius 2 is 2.53 bits per heavy atom. The first-order valence-electron chi connectivity index (χ1n) is 4.74. The second-order valence-electron chi connectivity index (χ2n) is 3.31. The highest BCUT2D eigenvalue weighted by molar-refractivity contribution is 5.63. The van der Waals surface area contributed by atoms with Gasteiger partial charge in [-0.05, 0) is 12.1 Å². The minimum atomic E-state index is -0.642. The lowest BCUT2D eigenvalue weighted by Crippen LogP contribution is -2.32. The normalized spacial score (nSPS) is 25.5. The maximum atomic E-state index is 10.8. The van der Waals surface area contributed by atoms with Gasteiger partial charge in [-0.1, -0.05) is 6.07 Å². The molecule has 0 amide bonds. The van der Waals surface area contributed by atoms with E-state index >= 15 is 0 Å². The quantitative estimate of drug-likeness (QED) is 0.697. The van der Waals surface area contributed by atoms with E-state index in [4.69, 9.17) is 9.84 Å². The molecule has 0 aromatic carbocycles. The van der Waals surface area contributed by atoms with Crippen LogP contribution in [0.4, 0.5) is 5.82 Å². The first-order valence-corrected chi connectivity index (χ1v) is 4.74. The Morgan fingerprint density at radius 3 is 3.13 bits per heavy atom. The van der Waals surface area contributed by atoms with Crippen molar-refractivity contribution in [3.05, 3.63) is 24.4 Å². The fourth-order valence-electron chi connectivity index (χ4n) is 1.59. The number of anilines is 1. The zero-order valence-corrected chi connectivity index (χ0v) is 8.11. The molecule has 2 heterocycles. The molecule has 2 unspecified atom stereocenters. The molecule has 1 saturated heterocycles. The summed E-state index contributed by atoms with van der Waals surface area (Å²) in [6, 6.07) is 5.45. The van der Waals surface area contributed by atoms with E-state index in [-0.39, 0.29) is 12.7 Å². The third kappa shape index (κ3) is 1.98. The molecule has 5 heteroatoms. The first kappa shape index (κ1) is 10.1. The van der Waals surface area contributed by atoms with Crippen LogP contribution in [0, 0.1) is 0 Å². The van der Waals surface area contributed by atoms with Gasteiger partial charge in [-0.25, -0.2) is 4.98 Å². The molecule has 1 fully saturated rings. The summed E-state index contributed by atoms with van der Waals surface area (Å²) in [5.74, 6) is 0.686. The molecule has 80 valence electrons. The summed E-state index contributed by atoms with van der Waals surface area (Å²) < 4.78 is 5.29. The Kier molecular flexibility index (Phi) is 2.94. The van der Waals surface area contributed by atoms with Crippen molar-refractivity contribution >= 4 is 12.1 Å². The Labute approximate surface area is 87.3 Å². The predicted molar refractivity (Wildman–Crippen MR) is 53.4 cm³/mol. The van der Waals surface area contributed by atoms with Gasteiger partial charge >= 0.3 is 0 Å². The number of aromatic nitrogens is 1. The number of pyridine rings is 1. The molecule has 1 N–H and O–H groups in total. The number of nitrogens with zero attached hydrogens (tertiary/aromatic N) is 2. The molecule has 0 bridgehead atoms. The number of rotatable bonds is 3. The van der Waals surface area contributed by atoms with E-state index in [0.717, 1.165) is 0 Å². The lowest BCUT2D eigenvalue weighted by atomic mass is 10.3. The van der Waals surface area contributed by atoms with Gasteiger partial charge in [0.15, 0.2) is 12.5 Å². The van der Waals surface area contributed by atoms with Gasteiger partial charge in [0.25, 0.3) is 0 Å². The van der Waals surface area contributed by atoms with Crippen LogP contribution in [-0.4, -0.2) is 41.9 Å². The van der Waals surface area contributed by atoms with E-state index in [0.29, 0.717) is 18.6 Å². The monoisotopic (exact) mass is 208 g/mol. The number of carbonyl (C=O) groups excluding carboxylic acids is 1. The Balaban J connectivity index is 2.18. The summed E-state index contributed by atoms with van der Waals surface area (Å²) >= 11 is 0. The Hall–Kier alpha value is -1.46. The topological polar surface area (TPSA) is 62.7 Å². The van der Waals surface area contributed by atoms with E-state index in [1.54, 1.807) is 23.2 Å². The highest BCUT2D eigenvalue weighted by atomic mass is 16.5. The average molecular weight is 208 g/mol. The summed E-state index contributed by atoms with van der Waals surface area (Å²) in [4.78, 5) is 16.6. The second kappa shape index (κ2) is 4.37. The van der Waals surface area contributed by atoms with Crippen LogP contribution >= 0.6 is 0 Å². The van der Waals surface area contributed by atoms with Gasteiger partial charge in [0, 0.05) is 6.20 Å². The molecule has 0 spiro atoms. The van der Waals surface area contributed by atoms with Gasteiger partial charge in [-0.15, -0.1) is 0 Å². The second-order valence-corrected chi connectivity index (χ2v) is 3.31. The van der Waals surface area contributed by atoms with Crippen molar-refractivity contribution in [3.8, 4) is 0 Å². The summed E-state index contributed by atoms with van der Waals surface area (Å²) in [6.45, 7) is 0.393. The van der Waals surface area contributed by atoms with E-state index in [1.165, 1.54) is 0 Å². The minimum Gasteiger partial charge on any atom is -0.394 e. The molecule has 0 saturated carbocycles. The molecular weight excluding hydrogens is 196 g/mol. The van der Waals surface area contributed by atoms with Crippen molar-refractivity contribution in [1.29, 1.82) is 0 Å². The molecule has 1 aromatic rings. The van der Waals surface area contributed by atoms with Crippen LogP contribution in [-0.2, 0) is 9.53 Å². The Morgan fingerprint density at radius 1 is 1.67 bits per heavy atom. The van der Waals surface area contributed by atoms with Crippen LogP contribution in [0.2, 0.25) is 0 Å². The van der Waals surface area contributed by atoms with Crippen LogP contribution < -0.4 is 4.90 Å². The number of ether oxygens (including phenoxy) is 1. The fourth-order valence-corrected chi connectivity index (χ4v) is 1.59. The van der Waals surface area contributed by atoms with E-state index in [1.807, 2.05) is 6.07 Å². The van der Waals surface area contributed by atoms with Crippen molar-refractivity contribution < 1.29 is 14.6 Å². The number of hydrogen-bond donors (Lipinski definition) is 1. The van der Waals surface area contributed by atoms with Crippen molar-refractivity contribution in [2.75, 3.05) is 18.1 Å². The van der Waals surface area contributed by atoms with E-state index in [2.05, 4.69) is 4.98 Å². The SMILES string of the molecule is O=CC1OC(CO)CN1c1ccccn1. The summed E-state index contributed by atoms with van der Waals surface area (Å²) in [7, 11) is 0. The smallest absolute Gasteiger partial charge is 0.188 e. The van der Waals surface area contributed by atoms with Gasteiger partial charge in [-0.2, -0.15) is 0 Å². The summed E-state index contributed by atoms with van der Waals surface area (Å²) in [6.07, 6.45) is 1.41. The van der Waals surface area contributed by atoms with Crippen LogP contribution in [0.1, 0.15) is 0 Å². The molecule has 2 rings (SSSR count). The standard InChI is InChI=1S/C10H12N2O3/c13-6-8-5-12(10(7-14)15-8)9-3-1-2-4-11-9/h1-4,7-8,10,13H,5-6H2. The zero-order valence-electron chi connectivity index (χ0n) is 8.11. The number of hydrogen-bond acceptors (Lipinski definition) is 5. The summed E-state index contributed by atoms with van der Waals surface area (Å²) in [5.41, 5.74) is 0. The van der Waals surface area contributed by atoms with Crippen LogP contribution in [0.5, 0.6) is 0 Å². The third-order valence-corrected chi connectivity index (χ3v) is 2.30. The number of carbonyl (C=O) groups is 1. The molecule has 2 atom stereocenters. The van der Waals surface area contributed by atoms with E-state index < -0.39 is 6.23 Å². The third-order valence-electron chi connectivity index (χ3n) is 2.30. The van der Waals surface area contributed by atoms with Crippen molar-refractivity contribution in [2.24, 2.45) is 0 Å². The molecular formula is C10H12N2O3. The molecule has 5 nitrogen and oxygen atoms in total. The lowest BCUT2D eigenvalue weighted by molar-refractivity contribution is -0.117. The van der Waals surface area contributed by atoms with Crippen LogP contribution in [0.3, 0.4) is 0 Å². The van der Waals surface area contributed by atoms with Crippen molar-refractivity contribution in [3.63, 3.8) is 0 Å². The highest BCUT2D eigenvalue weighted by Crippen LogP contribution is 2.20. The van der Waals surface area contributed by atoms with Crippen molar-refractivity contribution in [1.82, 2.24) is 4.98 Å². The number of aliphatic hydroxyl groups excluding tert-OH is 1. The van der Waals surface area contributed by atoms with E-state index in [9.17, 15) is 4.79 Å². The molecule has 0 radical (unpaired) electrons. The van der Waals surface area contributed by atoms with Crippen LogP contribution in [0.15, 0.2) is 24.4 Å². The first-order chi connectivity index (χ1) is 7.35. The van der Waals surface area contributed by atoms with Gasteiger partial charge in [0.1, 0.15) is 11.9 Å². The van der Waals surface area contributed by atoms with Crippen molar-refractivity contribution in [2.45, 2.75) is 12.3 Å². The van der Waals surface area contributed by atoms with Gasteiger partial charge < -0.3 is 14.7 Å².